The molecule has 0 aromatic rings. The SMILES string of the molecule is CCOC(=O)C1=C(C=O)N(CCC(C)C)C2=CC=CCC21C. The minimum Gasteiger partial charge on any atom is -0.463 e. The van der Waals surface area contributed by atoms with Crippen LogP contribution in [0, 0.1) is 11.3 Å². The van der Waals surface area contributed by atoms with Crippen molar-refractivity contribution in [3.8, 4) is 0 Å². The van der Waals surface area contributed by atoms with Crippen LogP contribution in [-0.4, -0.2) is 30.3 Å². The molecule has 1 aliphatic heterocycles. The van der Waals surface area contributed by atoms with Gasteiger partial charge in [-0.05, 0) is 38.7 Å². The fraction of sp³-hybridized carbons (Fsp3) is 0.556. The minimum absolute atomic E-state index is 0.311. The normalized spacial score (nSPS) is 23.7. The predicted octanol–water partition coefficient (Wildman–Crippen LogP) is 3.21. The number of hydrogen-bond acceptors (Lipinski definition) is 4. The Kier molecular flexibility index (Phi) is 4.89. The molecule has 2 rings (SSSR count). The lowest BCUT2D eigenvalue weighted by molar-refractivity contribution is -0.139. The van der Waals surface area contributed by atoms with E-state index in [1.165, 1.54) is 0 Å². The molecule has 22 heavy (non-hydrogen) atoms. The summed E-state index contributed by atoms with van der Waals surface area (Å²) in [6.07, 6.45) is 8.52. The van der Waals surface area contributed by atoms with Crippen molar-refractivity contribution in [2.24, 2.45) is 11.3 Å². The lowest BCUT2D eigenvalue weighted by Crippen LogP contribution is -2.29. The van der Waals surface area contributed by atoms with Gasteiger partial charge in [-0.3, -0.25) is 4.79 Å². The van der Waals surface area contributed by atoms with Crippen molar-refractivity contribution in [1.82, 2.24) is 4.90 Å². The van der Waals surface area contributed by atoms with Crippen LogP contribution < -0.4 is 0 Å². The zero-order chi connectivity index (χ0) is 16.3. The van der Waals surface area contributed by atoms with Crippen molar-refractivity contribution in [3.63, 3.8) is 0 Å². The van der Waals surface area contributed by atoms with E-state index in [-0.39, 0.29) is 5.97 Å². The number of esters is 1. The van der Waals surface area contributed by atoms with Crippen molar-refractivity contribution in [2.45, 2.75) is 40.5 Å². The van der Waals surface area contributed by atoms with Gasteiger partial charge in [0.15, 0.2) is 6.29 Å². The smallest absolute Gasteiger partial charge is 0.337 e. The third kappa shape index (κ3) is 2.74. The van der Waals surface area contributed by atoms with Gasteiger partial charge in [0.05, 0.1) is 17.9 Å². The molecule has 0 amide bonds. The summed E-state index contributed by atoms with van der Waals surface area (Å²) in [4.78, 5) is 26.2. The lowest BCUT2D eigenvalue weighted by Gasteiger charge is -2.32. The van der Waals surface area contributed by atoms with E-state index < -0.39 is 5.41 Å². The maximum absolute atomic E-state index is 12.4. The van der Waals surface area contributed by atoms with Gasteiger partial charge >= 0.3 is 5.97 Å². The minimum atomic E-state index is -0.464. The van der Waals surface area contributed by atoms with E-state index in [9.17, 15) is 9.59 Å². The summed E-state index contributed by atoms with van der Waals surface area (Å²) in [5.41, 5.74) is 1.54. The molecule has 0 aromatic heterocycles. The van der Waals surface area contributed by atoms with Crippen LogP contribution in [0.4, 0.5) is 0 Å². The first-order valence-electron chi connectivity index (χ1n) is 7.97. The fourth-order valence-electron chi connectivity index (χ4n) is 3.20. The monoisotopic (exact) mass is 303 g/mol. The van der Waals surface area contributed by atoms with Gasteiger partial charge in [-0.25, -0.2) is 4.79 Å². The number of allylic oxidation sites excluding steroid dienone is 5. The van der Waals surface area contributed by atoms with Crippen molar-refractivity contribution in [2.75, 3.05) is 13.2 Å². The predicted molar refractivity (Wildman–Crippen MR) is 85.8 cm³/mol. The van der Waals surface area contributed by atoms with Crippen LogP contribution >= 0.6 is 0 Å². The first kappa shape index (κ1) is 16.5. The number of rotatable bonds is 6. The van der Waals surface area contributed by atoms with Crippen LogP contribution in [0.25, 0.3) is 0 Å². The lowest BCUT2D eigenvalue weighted by atomic mass is 9.75. The Morgan fingerprint density at radius 2 is 2.23 bits per heavy atom. The number of hydrogen-bond donors (Lipinski definition) is 0. The molecule has 0 spiro atoms. The Balaban J connectivity index is 2.47. The van der Waals surface area contributed by atoms with Gasteiger partial charge in [-0.2, -0.15) is 0 Å². The van der Waals surface area contributed by atoms with E-state index >= 15 is 0 Å². The number of ether oxygens (including phenoxy) is 1. The maximum Gasteiger partial charge on any atom is 0.337 e. The molecular weight excluding hydrogens is 278 g/mol. The summed E-state index contributed by atoms with van der Waals surface area (Å²) in [5, 5.41) is 0. The molecule has 4 heteroatoms. The molecule has 1 aliphatic carbocycles. The number of carbonyl (C=O) groups is 2. The first-order valence-corrected chi connectivity index (χ1v) is 7.97. The van der Waals surface area contributed by atoms with Gasteiger partial charge in [0.2, 0.25) is 0 Å². The van der Waals surface area contributed by atoms with Gasteiger partial charge in [0, 0.05) is 17.7 Å². The number of aldehydes is 1. The molecule has 1 heterocycles. The molecule has 0 bridgehead atoms. The van der Waals surface area contributed by atoms with Crippen LogP contribution in [0.1, 0.15) is 40.5 Å². The summed E-state index contributed by atoms with van der Waals surface area (Å²) in [6.45, 7) is 9.16. The molecular formula is C18H25NO3. The number of fused-ring (bicyclic) bond motifs is 1. The van der Waals surface area contributed by atoms with Gasteiger partial charge in [-0.15, -0.1) is 0 Å². The maximum atomic E-state index is 12.4. The summed E-state index contributed by atoms with van der Waals surface area (Å²) in [6, 6.07) is 0. The topological polar surface area (TPSA) is 46.6 Å². The standard InChI is InChI=1S/C18H25NO3/c1-5-22-17(21)16-14(12-20)19(11-9-13(2)3)15-8-6-7-10-18(15,16)4/h6-8,12-13H,5,9-11H2,1-4H3. The van der Waals surface area contributed by atoms with Crippen molar-refractivity contribution in [1.29, 1.82) is 0 Å². The van der Waals surface area contributed by atoms with Crippen LogP contribution in [0.3, 0.4) is 0 Å². The second kappa shape index (κ2) is 6.51. The second-order valence-corrected chi connectivity index (χ2v) is 6.45. The highest BCUT2D eigenvalue weighted by Crippen LogP contribution is 2.51. The Morgan fingerprint density at radius 1 is 1.50 bits per heavy atom. The highest BCUT2D eigenvalue weighted by atomic mass is 16.5. The molecule has 1 atom stereocenters. The molecule has 0 fully saturated rings. The number of carbonyl (C=O) groups excluding carboxylic acids is 2. The van der Waals surface area contributed by atoms with Crippen LogP contribution in [0.5, 0.6) is 0 Å². The third-order valence-corrected chi connectivity index (χ3v) is 4.39. The van der Waals surface area contributed by atoms with Crippen LogP contribution in [-0.2, 0) is 14.3 Å². The van der Waals surface area contributed by atoms with E-state index in [1.807, 2.05) is 30.1 Å². The molecule has 4 nitrogen and oxygen atoms in total. The first-order chi connectivity index (χ1) is 10.5. The van der Waals surface area contributed by atoms with Crippen molar-refractivity contribution >= 4 is 12.3 Å². The summed E-state index contributed by atoms with van der Waals surface area (Å²) in [5.74, 6) is 0.158. The molecule has 120 valence electrons. The number of nitrogens with zero attached hydrogens (tertiary/aromatic N) is 1. The van der Waals surface area contributed by atoms with Crippen molar-refractivity contribution < 1.29 is 14.3 Å². The molecule has 1 unspecified atom stereocenters. The second-order valence-electron chi connectivity index (χ2n) is 6.45. The average Bonchev–Trinajstić information content (AvgIpc) is 2.73. The molecule has 0 saturated carbocycles. The van der Waals surface area contributed by atoms with Gasteiger partial charge in [0.1, 0.15) is 0 Å². The Labute approximate surface area is 132 Å². The fourth-order valence-corrected chi connectivity index (χ4v) is 3.20. The van der Waals surface area contributed by atoms with Crippen LogP contribution in [0.2, 0.25) is 0 Å². The molecule has 0 saturated heterocycles. The summed E-state index contributed by atoms with van der Waals surface area (Å²) in [7, 11) is 0. The highest BCUT2D eigenvalue weighted by Gasteiger charge is 2.49. The molecule has 0 radical (unpaired) electrons. The van der Waals surface area contributed by atoms with E-state index in [0.29, 0.717) is 30.2 Å². The zero-order valence-corrected chi connectivity index (χ0v) is 13.9. The average molecular weight is 303 g/mol. The Morgan fingerprint density at radius 3 is 2.82 bits per heavy atom. The van der Waals surface area contributed by atoms with E-state index in [2.05, 4.69) is 13.8 Å². The molecule has 0 N–H and O–H groups in total. The molecule has 2 aliphatic rings. The van der Waals surface area contributed by atoms with E-state index in [1.54, 1.807) is 6.92 Å². The highest BCUT2D eigenvalue weighted by molar-refractivity contribution is 5.99. The van der Waals surface area contributed by atoms with Crippen LogP contribution in [0.15, 0.2) is 35.2 Å². The van der Waals surface area contributed by atoms with E-state index in [0.717, 1.165) is 24.9 Å². The van der Waals surface area contributed by atoms with Crippen molar-refractivity contribution in [3.05, 3.63) is 35.2 Å². The summed E-state index contributed by atoms with van der Waals surface area (Å²) >= 11 is 0. The molecule has 0 aromatic carbocycles. The quantitative estimate of drug-likeness (QED) is 0.558. The van der Waals surface area contributed by atoms with Gasteiger partial charge < -0.3 is 9.64 Å². The Bertz CT molecular complexity index is 557. The largest absolute Gasteiger partial charge is 0.463 e. The third-order valence-electron chi connectivity index (χ3n) is 4.39. The van der Waals surface area contributed by atoms with Gasteiger partial charge in [-0.1, -0.05) is 26.0 Å². The Hall–Kier alpha value is -1.84. The van der Waals surface area contributed by atoms with E-state index in [4.69, 9.17) is 4.74 Å². The zero-order valence-electron chi connectivity index (χ0n) is 13.9. The summed E-state index contributed by atoms with van der Waals surface area (Å²) < 4.78 is 5.21. The van der Waals surface area contributed by atoms with Gasteiger partial charge in [0.25, 0.3) is 0 Å².